The topological polar surface area (TPSA) is 46.4 Å². The van der Waals surface area contributed by atoms with Crippen LogP contribution >= 0.6 is 22.9 Å². The Morgan fingerprint density at radius 2 is 2.25 bits per heavy atom. The lowest BCUT2D eigenvalue weighted by Crippen LogP contribution is -2.22. The van der Waals surface area contributed by atoms with Crippen LogP contribution in [0.3, 0.4) is 0 Å². The molecule has 4 nitrogen and oxygen atoms in total. The summed E-state index contributed by atoms with van der Waals surface area (Å²) < 4.78 is 0. The van der Waals surface area contributed by atoms with Gasteiger partial charge in [0.05, 0.1) is 21.7 Å². The summed E-state index contributed by atoms with van der Waals surface area (Å²) in [5.41, 5.74) is 2.21. The van der Waals surface area contributed by atoms with Gasteiger partial charge in [-0.3, -0.25) is 10.1 Å². The average Bonchev–Trinajstić information content (AvgIpc) is 3.09. The molecule has 1 atom stereocenters. The number of benzene rings is 1. The summed E-state index contributed by atoms with van der Waals surface area (Å²) in [5, 5.41) is 15.4. The van der Waals surface area contributed by atoms with Gasteiger partial charge in [-0.05, 0) is 41.3 Å². The highest BCUT2D eigenvalue weighted by Gasteiger charge is 2.28. The average molecular weight is 309 g/mol. The normalized spacial score (nSPS) is 18.4. The molecule has 1 aliphatic heterocycles. The molecule has 0 saturated carbocycles. The Balaban J connectivity index is 1.94. The second-order valence-electron chi connectivity index (χ2n) is 4.80. The van der Waals surface area contributed by atoms with E-state index in [1.807, 2.05) is 0 Å². The van der Waals surface area contributed by atoms with E-state index in [0.717, 1.165) is 25.1 Å². The van der Waals surface area contributed by atoms with Crippen molar-refractivity contribution in [3.05, 3.63) is 55.7 Å². The predicted molar refractivity (Wildman–Crippen MR) is 81.7 cm³/mol. The van der Waals surface area contributed by atoms with E-state index in [9.17, 15) is 10.1 Å². The molecule has 2 aromatic rings. The van der Waals surface area contributed by atoms with Gasteiger partial charge < -0.3 is 4.90 Å². The molecular weight excluding hydrogens is 296 g/mol. The van der Waals surface area contributed by atoms with Gasteiger partial charge in [-0.15, -0.1) is 0 Å². The Labute approximate surface area is 125 Å². The molecule has 0 radical (unpaired) electrons. The highest BCUT2D eigenvalue weighted by atomic mass is 35.5. The lowest BCUT2D eigenvalue weighted by molar-refractivity contribution is -0.384. The Morgan fingerprint density at radius 3 is 2.90 bits per heavy atom. The van der Waals surface area contributed by atoms with E-state index in [2.05, 4.69) is 21.7 Å². The minimum absolute atomic E-state index is 0.0324. The van der Waals surface area contributed by atoms with Crippen molar-refractivity contribution in [2.24, 2.45) is 0 Å². The van der Waals surface area contributed by atoms with Gasteiger partial charge in [0.1, 0.15) is 0 Å². The molecule has 0 N–H and O–H groups in total. The number of hydrogen-bond acceptors (Lipinski definition) is 4. The molecule has 20 heavy (non-hydrogen) atoms. The standard InChI is InChI=1S/C14H13ClN2O2S/c15-12-8-11(17(18)19)3-4-14(12)16-6-1-2-13(16)10-5-7-20-9-10/h3-5,7-9,13H,1-2,6H2. The van der Waals surface area contributed by atoms with Crippen LogP contribution in [0.15, 0.2) is 35.0 Å². The van der Waals surface area contributed by atoms with E-state index in [1.54, 1.807) is 17.4 Å². The maximum Gasteiger partial charge on any atom is 0.271 e. The second-order valence-corrected chi connectivity index (χ2v) is 5.99. The van der Waals surface area contributed by atoms with Crippen molar-refractivity contribution >= 4 is 34.3 Å². The number of anilines is 1. The highest BCUT2D eigenvalue weighted by molar-refractivity contribution is 7.08. The van der Waals surface area contributed by atoms with E-state index >= 15 is 0 Å². The molecular formula is C14H13ClN2O2S. The zero-order valence-corrected chi connectivity index (χ0v) is 12.2. The highest BCUT2D eigenvalue weighted by Crippen LogP contribution is 2.40. The SMILES string of the molecule is O=[N+]([O-])c1ccc(N2CCCC2c2ccsc2)c(Cl)c1. The first kappa shape index (κ1) is 13.4. The molecule has 3 rings (SSSR count). The number of nitro benzene ring substituents is 1. The summed E-state index contributed by atoms with van der Waals surface area (Å²) in [5.74, 6) is 0. The molecule has 1 fully saturated rings. The summed E-state index contributed by atoms with van der Waals surface area (Å²) >= 11 is 7.92. The third kappa shape index (κ3) is 2.39. The van der Waals surface area contributed by atoms with Crippen molar-refractivity contribution in [3.8, 4) is 0 Å². The van der Waals surface area contributed by atoms with Gasteiger partial charge >= 0.3 is 0 Å². The fraction of sp³-hybridized carbons (Fsp3) is 0.286. The minimum atomic E-state index is -0.421. The number of thiophene rings is 1. The molecule has 1 aromatic heterocycles. The number of nitro groups is 1. The van der Waals surface area contributed by atoms with Crippen LogP contribution in [0.25, 0.3) is 0 Å². The Bertz CT molecular complexity index is 630. The zero-order chi connectivity index (χ0) is 14.1. The van der Waals surface area contributed by atoms with Crippen LogP contribution in [0.4, 0.5) is 11.4 Å². The Kier molecular flexibility index (Phi) is 3.63. The third-order valence-electron chi connectivity index (χ3n) is 3.63. The lowest BCUT2D eigenvalue weighted by Gasteiger charge is -2.27. The van der Waals surface area contributed by atoms with Crippen LogP contribution in [0.1, 0.15) is 24.4 Å². The Hall–Kier alpha value is -1.59. The molecule has 0 aliphatic carbocycles. The molecule has 1 saturated heterocycles. The molecule has 1 aromatic carbocycles. The lowest BCUT2D eigenvalue weighted by atomic mass is 10.1. The van der Waals surface area contributed by atoms with E-state index in [-0.39, 0.29) is 5.69 Å². The number of halogens is 1. The fourth-order valence-electron chi connectivity index (χ4n) is 2.71. The first-order valence-electron chi connectivity index (χ1n) is 6.39. The van der Waals surface area contributed by atoms with Crippen molar-refractivity contribution in [1.82, 2.24) is 0 Å². The van der Waals surface area contributed by atoms with Crippen LogP contribution in [-0.4, -0.2) is 11.5 Å². The first-order valence-corrected chi connectivity index (χ1v) is 7.71. The van der Waals surface area contributed by atoms with E-state index in [1.165, 1.54) is 17.7 Å². The van der Waals surface area contributed by atoms with Gasteiger partial charge in [-0.2, -0.15) is 11.3 Å². The summed E-state index contributed by atoms with van der Waals surface area (Å²) in [6.45, 7) is 0.929. The van der Waals surface area contributed by atoms with Crippen molar-refractivity contribution < 1.29 is 4.92 Å². The Morgan fingerprint density at radius 1 is 1.40 bits per heavy atom. The number of nitrogens with zero attached hydrogens (tertiary/aromatic N) is 2. The largest absolute Gasteiger partial charge is 0.363 e. The maximum absolute atomic E-state index is 10.8. The molecule has 0 amide bonds. The summed E-state index contributed by atoms with van der Waals surface area (Å²) in [6, 6.07) is 7.16. The monoisotopic (exact) mass is 308 g/mol. The molecule has 104 valence electrons. The quantitative estimate of drug-likeness (QED) is 0.612. The van der Waals surface area contributed by atoms with Crippen molar-refractivity contribution in [2.45, 2.75) is 18.9 Å². The molecule has 1 unspecified atom stereocenters. The van der Waals surface area contributed by atoms with E-state index in [4.69, 9.17) is 11.6 Å². The van der Waals surface area contributed by atoms with Gasteiger partial charge in [0.2, 0.25) is 0 Å². The zero-order valence-electron chi connectivity index (χ0n) is 10.7. The third-order valence-corrected chi connectivity index (χ3v) is 4.64. The first-order chi connectivity index (χ1) is 9.66. The van der Waals surface area contributed by atoms with E-state index in [0.29, 0.717) is 11.1 Å². The van der Waals surface area contributed by atoms with Crippen molar-refractivity contribution in [3.63, 3.8) is 0 Å². The van der Waals surface area contributed by atoms with Crippen molar-refractivity contribution in [2.75, 3.05) is 11.4 Å². The van der Waals surface area contributed by atoms with Gasteiger partial charge in [-0.25, -0.2) is 0 Å². The second kappa shape index (κ2) is 5.42. The summed E-state index contributed by atoms with van der Waals surface area (Å²) in [4.78, 5) is 12.6. The van der Waals surface area contributed by atoms with Crippen LogP contribution < -0.4 is 4.90 Å². The van der Waals surface area contributed by atoms with Gasteiger partial charge in [0.15, 0.2) is 0 Å². The minimum Gasteiger partial charge on any atom is -0.363 e. The van der Waals surface area contributed by atoms with Crippen LogP contribution in [0.5, 0.6) is 0 Å². The van der Waals surface area contributed by atoms with Gasteiger partial charge in [0, 0.05) is 18.7 Å². The summed E-state index contributed by atoms with van der Waals surface area (Å²) in [7, 11) is 0. The molecule has 1 aliphatic rings. The summed E-state index contributed by atoms with van der Waals surface area (Å²) in [6.07, 6.45) is 2.19. The van der Waals surface area contributed by atoms with Crippen LogP contribution in [0, 0.1) is 10.1 Å². The smallest absolute Gasteiger partial charge is 0.271 e. The van der Waals surface area contributed by atoms with Gasteiger partial charge in [-0.1, -0.05) is 11.6 Å². The van der Waals surface area contributed by atoms with E-state index < -0.39 is 4.92 Å². The van der Waals surface area contributed by atoms with Crippen LogP contribution in [-0.2, 0) is 0 Å². The van der Waals surface area contributed by atoms with Crippen LogP contribution in [0.2, 0.25) is 5.02 Å². The molecule has 0 spiro atoms. The van der Waals surface area contributed by atoms with Crippen molar-refractivity contribution in [1.29, 1.82) is 0 Å². The maximum atomic E-state index is 10.8. The fourth-order valence-corrected chi connectivity index (χ4v) is 3.70. The number of non-ortho nitro benzene ring substituents is 1. The molecule has 2 heterocycles. The number of rotatable bonds is 3. The molecule has 6 heteroatoms. The number of hydrogen-bond donors (Lipinski definition) is 0. The van der Waals surface area contributed by atoms with Gasteiger partial charge in [0.25, 0.3) is 5.69 Å². The predicted octanol–water partition coefficient (Wildman–Crippen LogP) is 4.65. The molecule has 0 bridgehead atoms.